The molecule has 10 nitrogen and oxygen atoms in total. The standard InChI is InChI=1S/C21H16ClF2N9O/c1-9(33-27-2-3-28-33)16-19(24)18(22)17(11-5-26-31-20(11)16)13-7-32-8-14(29-15(32)6-25-13)30-21(34)10-4-12(10)23/h2-3,5-10,12H,4H2,1H3,(H,26,31)(H,30,34)/t9?,10-,12+/m1/s1. The highest BCUT2D eigenvalue weighted by Crippen LogP contribution is 2.41. The number of carbonyl (C=O) groups excluding carboxylic acids is 1. The van der Waals surface area contributed by atoms with Crippen LogP contribution in [0.4, 0.5) is 14.6 Å². The Morgan fingerprint density at radius 3 is 2.79 bits per heavy atom. The molecular weight excluding hydrogens is 468 g/mol. The number of nitrogens with zero attached hydrogens (tertiary/aromatic N) is 7. The van der Waals surface area contributed by atoms with Crippen molar-refractivity contribution in [3.63, 3.8) is 0 Å². The summed E-state index contributed by atoms with van der Waals surface area (Å²) in [5, 5.41) is 18.2. The Hall–Kier alpha value is -3.93. The minimum atomic E-state index is -1.10. The molecule has 13 heteroatoms. The number of rotatable bonds is 5. The molecule has 1 aliphatic carbocycles. The van der Waals surface area contributed by atoms with E-state index in [9.17, 15) is 9.18 Å². The molecule has 0 saturated heterocycles. The van der Waals surface area contributed by atoms with Crippen LogP contribution in [0.15, 0.2) is 37.2 Å². The third-order valence-corrected chi connectivity index (χ3v) is 6.28. The molecular formula is C21H16ClF2N9O. The van der Waals surface area contributed by atoms with Crippen LogP contribution in [0, 0.1) is 11.7 Å². The van der Waals surface area contributed by atoms with Gasteiger partial charge in [0.25, 0.3) is 0 Å². The molecule has 2 N–H and O–H groups in total. The lowest BCUT2D eigenvalue weighted by molar-refractivity contribution is -0.117. The van der Waals surface area contributed by atoms with Crippen molar-refractivity contribution >= 4 is 39.9 Å². The Bertz CT molecular complexity index is 1560. The summed E-state index contributed by atoms with van der Waals surface area (Å²) in [7, 11) is 0. The number of H-pyrrole nitrogens is 1. The average molecular weight is 484 g/mol. The Labute approximate surface area is 195 Å². The van der Waals surface area contributed by atoms with Gasteiger partial charge in [-0.2, -0.15) is 20.1 Å². The lowest BCUT2D eigenvalue weighted by Gasteiger charge is -2.16. The van der Waals surface area contributed by atoms with Crippen molar-refractivity contribution in [3.8, 4) is 11.3 Å². The summed E-state index contributed by atoms with van der Waals surface area (Å²) in [6.07, 6.45) is 8.37. The summed E-state index contributed by atoms with van der Waals surface area (Å²) in [6.45, 7) is 1.76. The molecule has 4 heterocycles. The maximum absolute atomic E-state index is 15.6. The van der Waals surface area contributed by atoms with Crippen LogP contribution in [0.2, 0.25) is 5.02 Å². The SMILES string of the molecule is CC(c1c(F)c(Cl)c(-c2cn3cc(NC(=O)[C@@H]4C[C@@H]4F)nc3cn2)c2cn[nH]c12)n1nccn1. The molecule has 1 aromatic carbocycles. The minimum absolute atomic E-state index is 0.119. The molecule has 5 aromatic rings. The van der Waals surface area contributed by atoms with Gasteiger partial charge in [0.2, 0.25) is 5.91 Å². The zero-order chi connectivity index (χ0) is 23.6. The number of fused-ring (bicyclic) bond motifs is 2. The van der Waals surface area contributed by atoms with Gasteiger partial charge >= 0.3 is 0 Å². The molecule has 172 valence electrons. The number of imidazole rings is 1. The maximum Gasteiger partial charge on any atom is 0.231 e. The molecule has 6 rings (SSSR count). The van der Waals surface area contributed by atoms with E-state index >= 15 is 4.39 Å². The lowest BCUT2D eigenvalue weighted by atomic mass is 9.99. The summed E-state index contributed by atoms with van der Waals surface area (Å²) in [5.41, 5.74) is 1.90. The Kier molecular flexibility index (Phi) is 4.59. The highest BCUT2D eigenvalue weighted by atomic mass is 35.5. The molecule has 1 amide bonds. The van der Waals surface area contributed by atoms with Gasteiger partial charge in [-0.25, -0.2) is 13.8 Å². The van der Waals surface area contributed by atoms with Gasteiger partial charge in [-0.05, 0) is 13.3 Å². The van der Waals surface area contributed by atoms with E-state index in [4.69, 9.17) is 11.6 Å². The Morgan fingerprint density at radius 2 is 2.06 bits per heavy atom. The smallest absolute Gasteiger partial charge is 0.231 e. The molecule has 0 spiro atoms. The number of halogens is 3. The van der Waals surface area contributed by atoms with Crippen molar-refractivity contribution in [1.29, 1.82) is 0 Å². The van der Waals surface area contributed by atoms with Crippen molar-refractivity contribution in [2.24, 2.45) is 5.92 Å². The van der Waals surface area contributed by atoms with Crippen LogP contribution in [-0.2, 0) is 4.79 Å². The quantitative estimate of drug-likeness (QED) is 0.394. The second-order valence-corrected chi connectivity index (χ2v) is 8.49. The fourth-order valence-electron chi connectivity index (χ4n) is 4.06. The number of hydrogen-bond acceptors (Lipinski definition) is 6. The summed E-state index contributed by atoms with van der Waals surface area (Å²) in [5.74, 6) is -1.41. The van der Waals surface area contributed by atoms with Crippen molar-refractivity contribution in [1.82, 2.24) is 39.6 Å². The number of aromatic nitrogens is 8. The molecule has 4 aromatic heterocycles. The number of aromatic amines is 1. The topological polar surface area (TPSA) is 119 Å². The molecule has 0 aliphatic heterocycles. The highest BCUT2D eigenvalue weighted by Gasteiger charge is 2.43. The van der Waals surface area contributed by atoms with E-state index in [1.54, 1.807) is 29.9 Å². The highest BCUT2D eigenvalue weighted by molar-refractivity contribution is 6.35. The zero-order valence-corrected chi connectivity index (χ0v) is 18.3. The van der Waals surface area contributed by atoms with E-state index in [0.29, 0.717) is 27.8 Å². The van der Waals surface area contributed by atoms with E-state index in [2.05, 4.69) is 35.7 Å². The molecule has 0 bridgehead atoms. The van der Waals surface area contributed by atoms with E-state index in [1.807, 2.05) is 0 Å². The molecule has 34 heavy (non-hydrogen) atoms. The predicted molar refractivity (Wildman–Crippen MR) is 119 cm³/mol. The number of anilines is 1. The van der Waals surface area contributed by atoms with E-state index in [1.165, 1.54) is 23.4 Å². The first kappa shape index (κ1) is 20.7. The third-order valence-electron chi connectivity index (χ3n) is 5.93. The van der Waals surface area contributed by atoms with Gasteiger partial charge in [0.15, 0.2) is 11.5 Å². The monoisotopic (exact) mass is 483 g/mol. The number of amides is 1. The summed E-state index contributed by atoms with van der Waals surface area (Å²) >= 11 is 6.53. The zero-order valence-electron chi connectivity index (χ0n) is 17.6. The van der Waals surface area contributed by atoms with Gasteiger partial charge in [0.05, 0.1) is 59.2 Å². The first-order chi connectivity index (χ1) is 16.4. The van der Waals surface area contributed by atoms with E-state index < -0.39 is 29.9 Å². The second-order valence-electron chi connectivity index (χ2n) is 8.11. The maximum atomic E-state index is 15.6. The van der Waals surface area contributed by atoms with Crippen molar-refractivity contribution in [2.45, 2.75) is 25.6 Å². The van der Waals surface area contributed by atoms with Crippen LogP contribution in [0.5, 0.6) is 0 Å². The van der Waals surface area contributed by atoms with Crippen molar-refractivity contribution in [2.75, 3.05) is 5.32 Å². The molecule has 1 aliphatic rings. The van der Waals surface area contributed by atoms with Gasteiger partial charge in [-0.3, -0.25) is 14.9 Å². The van der Waals surface area contributed by atoms with Gasteiger partial charge < -0.3 is 9.72 Å². The third kappa shape index (κ3) is 3.21. The van der Waals surface area contributed by atoms with Gasteiger partial charge in [-0.15, -0.1) is 0 Å². The minimum Gasteiger partial charge on any atom is -0.309 e. The van der Waals surface area contributed by atoms with Crippen LogP contribution in [-0.4, -0.2) is 51.6 Å². The van der Waals surface area contributed by atoms with Crippen LogP contribution in [0.1, 0.15) is 24.9 Å². The number of alkyl halides is 1. The molecule has 3 atom stereocenters. The van der Waals surface area contributed by atoms with E-state index in [-0.39, 0.29) is 22.8 Å². The Balaban J connectivity index is 1.43. The first-order valence-corrected chi connectivity index (χ1v) is 10.8. The lowest BCUT2D eigenvalue weighted by Crippen LogP contribution is -2.15. The Morgan fingerprint density at radius 1 is 1.29 bits per heavy atom. The normalized spacial score (nSPS) is 18.5. The van der Waals surface area contributed by atoms with Gasteiger partial charge in [-0.1, -0.05) is 11.6 Å². The molecule has 1 unspecified atom stereocenters. The number of hydrogen-bond donors (Lipinski definition) is 2. The van der Waals surface area contributed by atoms with Crippen molar-refractivity contribution < 1.29 is 13.6 Å². The van der Waals surface area contributed by atoms with E-state index in [0.717, 1.165) is 0 Å². The second kappa shape index (κ2) is 7.55. The summed E-state index contributed by atoms with van der Waals surface area (Å²) < 4.78 is 30.4. The van der Waals surface area contributed by atoms with Gasteiger partial charge in [0.1, 0.15) is 12.0 Å². The van der Waals surface area contributed by atoms with Gasteiger partial charge in [0, 0.05) is 22.7 Å². The molecule has 1 fully saturated rings. The number of nitrogens with one attached hydrogen (secondary N) is 2. The molecule has 0 radical (unpaired) electrons. The summed E-state index contributed by atoms with van der Waals surface area (Å²) in [6, 6.07) is -0.546. The van der Waals surface area contributed by atoms with Crippen LogP contribution in [0.3, 0.4) is 0 Å². The average Bonchev–Trinajstić information content (AvgIpc) is 3.26. The number of benzene rings is 1. The number of carbonyl (C=O) groups is 1. The fourth-order valence-corrected chi connectivity index (χ4v) is 4.36. The largest absolute Gasteiger partial charge is 0.309 e. The summed E-state index contributed by atoms with van der Waals surface area (Å²) in [4.78, 5) is 22.1. The van der Waals surface area contributed by atoms with Crippen LogP contribution >= 0.6 is 11.6 Å². The molecule has 1 saturated carbocycles. The van der Waals surface area contributed by atoms with Crippen LogP contribution < -0.4 is 5.32 Å². The van der Waals surface area contributed by atoms with Crippen molar-refractivity contribution in [3.05, 3.63) is 53.6 Å². The predicted octanol–water partition coefficient (Wildman–Crippen LogP) is 3.56. The van der Waals surface area contributed by atoms with Crippen LogP contribution in [0.25, 0.3) is 27.8 Å². The first-order valence-electron chi connectivity index (χ1n) is 10.4. The fraction of sp³-hybridized carbons (Fsp3) is 0.238.